The molecule has 0 radical (unpaired) electrons. The smallest absolute Gasteiger partial charge is 0.246 e. The summed E-state index contributed by atoms with van der Waals surface area (Å²) in [6.45, 7) is 0.541. The molecule has 1 heterocycles. The molecule has 1 N–H and O–H groups in total. The van der Waals surface area contributed by atoms with E-state index in [0.29, 0.717) is 5.56 Å². The van der Waals surface area contributed by atoms with Crippen LogP contribution in [0.15, 0.2) is 36.4 Å². The lowest BCUT2D eigenvalue weighted by Crippen LogP contribution is -2.39. The van der Waals surface area contributed by atoms with Crippen molar-refractivity contribution in [2.75, 3.05) is 16.8 Å². The lowest BCUT2D eigenvalue weighted by atomic mass is 9.90. The topological polar surface area (TPSA) is 32.3 Å². The molecule has 3 nitrogen and oxygen atoms in total. The molecule has 0 spiro atoms. The molecule has 0 fully saturated rings. The third-order valence-electron chi connectivity index (χ3n) is 4.77. The van der Waals surface area contributed by atoms with E-state index in [1.165, 1.54) is 30.0 Å². The number of nitrogens with zero attached hydrogens (tertiary/aromatic N) is 1. The molecule has 0 atom stereocenters. The number of nitrogens with one attached hydrogen (secondary N) is 1. The quantitative estimate of drug-likeness (QED) is 0.918. The SMILES string of the molecule is O=C1CNc2cc3c(cc2N1Cc1ccccc1F)CCCC3. The van der Waals surface area contributed by atoms with Crippen LogP contribution < -0.4 is 10.2 Å². The largest absolute Gasteiger partial charge is 0.374 e. The first-order valence-electron chi connectivity index (χ1n) is 8.16. The number of hydrogen-bond acceptors (Lipinski definition) is 2. The summed E-state index contributed by atoms with van der Waals surface area (Å²) >= 11 is 0. The number of anilines is 2. The van der Waals surface area contributed by atoms with Gasteiger partial charge in [0.2, 0.25) is 5.91 Å². The highest BCUT2D eigenvalue weighted by Gasteiger charge is 2.26. The van der Waals surface area contributed by atoms with Crippen LogP contribution in [0, 0.1) is 5.82 Å². The third-order valence-corrected chi connectivity index (χ3v) is 4.77. The fraction of sp³-hybridized carbons (Fsp3) is 0.316. The average Bonchev–Trinajstić information content (AvgIpc) is 2.57. The Morgan fingerprint density at radius 1 is 1.09 bits per heavy atom. The number of amides is 1. The Balaban J connectivity index is 1.74. The van der Waals surface area contributed by atoms with Gasteiger partial charge in [0.05, 0.1) is 24.5 Å². The molecule has 1 aliphatic heterocycles. The van der Waals surface area contributed by atoms with Crippen LogP contribution in [0.1, 0.15) is 29.5 Å². The predicted molar refractivity (Wildman–Crippen MR) is 89.2 cm³/mol. The minimum absolute atomic E-state index is 0.0171. The molecule has 4 heteroatoms. The lowest BCUT2D eigenvalue weighted by molar-refractivity contribution is -0.117. The van der Waals surface area contributed by atoms with Gasteiger partial charge in [-0.1, -0.05) is 18.2 Å². The van der Waals surface area contributed by atoms with Crippen molar-refractivity contribution in [1.82, 2.24) is 0 Å². The van der Waals surface area contributed by atoms with Gasteiger partial charge in [0.15, 0.2) is 0 Å². The van der Waals surface area contributed by atoms with Crippen LogP contribution in [0.4, 0.5) is 15.8 Å². The third kappa shape index (κ3) is 2.58. The number of benzene rings is 2. The monoisotopic (exact) mass is 310 g/mol. The second-order valence-electron chi connectivity index (χ2n) is 6.27. The highest BCUT2D eigenvalue weighted by molar-refractivity contribution is 6.02. The van der Waals surface area contributed by atoms with E-state index in [1.807, 2.05) is 0 Å². The summed E-state index contributed by atoms with van der Waals surface area (Å²) in [7, 11) is 0. The minimum atomic E-state index is -0.265. The standard InChI is InChI=1S/C19H19FN2O/c20-16-8-4-3-7-15(16)12-22-18-10-14-6-2-1-5-13(14)9-17(18)21-11-19(22)23/h3-4,7-10,21H,1-2,5-6,11-12H2. The predicted octanol–water partition coefficient (Wildman–Crippen LogP) is 3.66. The van der Waals surface area contributed by atoms with E-state index < -0.39 is 0 Å². The highest BCUT2D eigenvalue weighted by atomic mass is 19.1. The Morgan fingerprint density at radius 3 is 2.61 bits per heavy atom. The van der Waals surface area contributed by atoms with Crippen molar-refractivity contribution in [1.29, 1.82) is 0 Å². The summed E-state index contributed by atoms with van der Waals surface area (Å²) in [5.74, 6) is -0.283. The van der Waals surface area contributed by atoms with Crippen molar-refractivity contribution >= 4 is 17.3 Å². The average molecular weight is 310 g/mol. The van der Waals surface area contributed by atoms with Gasteiger partial charge in [-0.25, -0.2) is 4.39 Å². The maximum atomic E-state index is 14.0. The van der Waals surface area contributed by atoms with Crippen LogP contribution in [0.3, 0.4) is 0 Å². The molecular formula is C19H19FN2O. The Labute approximate surface area is 135 Å². The van der Waals surface area contributed by atoms with Crippen LogP contribution in [-0.2, 0) is 24.2 Å². The van der Waals surface area contributed by atoms with Gasteiger partial charge in [0.1, 0.15) is 5.82 Å². The Morgan fingerprint density at radius 2 is 1.83 bits per heavy atom. The van der Waals surface area contributed by atoms with Gasteiger partial charge in [0, 0.05) is 5.56 Å². The number of halogens is 1. The summed E-state index contributed by atoms with van der Waals surface area (Å²) in [5, 5.41) is 3.21. The Kier molecular flexibility index (Phi) is 3.52. The zero-order valence-electron chi connectivity index (χ0n) is 12.9. The molecule has 0 saturated carbocycles. The zero-order chi connectivity index (χ0) is 15.8. The summed E-state index contributed by atoms with van der Waals surface area (Å²) in [5.41, 5.74) is 5.12. The first-order valence-corrected chi connectivity index (χ1v) is 8.16. The first kappa shape index (κ1) is 14.2. The molecule has 1 aliphatic carbocycles. The number of fused-ring (bicyclic) bond motifs is 2. The van der Waals surface area contributed by atoms with Gasteiger partial charge in [-0.15, -0.1) is 0 Å². The molecule has 0 unspecified atom stereocenters. The van der Waals surface area contributed by atoms with E-state index in [9.17, 15) is 9.18 Å². The maximum Gasteiger partial charge on any atom is 0.246 e. The Bertz CT molecular complexity index is 772. The summed E-state index contributed by atoms with van der Waals surface area (Å²) in [6, 6.07) is 10.9. The molecule has 2 aromatic carbocycles. The molecule has 2 aliphatic rings. The second-order valence-corrected chi connectivity index (χ2v) is 6.27. The van der Waals surface area contributed by atoms with Crippen molar-refractivity contribution in [3.05, 3.63) is 58.9 Å². The van der Waals surface area contributed by atoms with Gasteiger partial charge in [0.25, 0.3) is 0 Å². The maximum absolute atomic E-state index is 14.0. The molecule has 118 valence electrons. The van der Waals surface area contributed by atoms with Gasteiger partial charge in [-0.3, -0.25) is 4.79 Å². The second kappa shape index (κ2) is 5.69. The van der Waals surface area contributed by atoms with Crippen molar-refractivity contribution in [2.24, 2.45) is 0 Å². The summed E-state index contributed by atoms with van der Waals surface area (Å²) in [4.78, 5) is 14.1. The van der Waals surface area contributed by atoms with E-state index in [0.717, 1.165) is 24.2 Å². The number of aryl methyl sites for hydroxylation is 2. The van der Waals surface area contributed by atoms with Crippen LogP contribution in [0.25, 0.3) is 0 Å². The fourth-order valence-corrected chi connectivity index (χ4v) is 3.51. The number of hydrogen-bond donors (Lipinski definition) is 1. The fourth-order valence-electron chi connectivity index (χ4n) is 3.51. The lowest BCUT2D eigenvalue weighted by Gasteiger charge is -2.32. The molecular weight excluding hydrogens is 291 g/mol. The number of carbonyl (C=O) groups is 1. The normalized spacial score (nSPS) is 16.6. The van der Waals surface area contributed by atoms with Crippen LogP contribution in [0.5, 0.6) is 0 Å². The van der Waals surface area contributed by atoms with E-state index in [4.69, 9.17) is 0 Å². The molecule has 23 heavy (non-hydrogen) atoms. The molecule has 1 amide bonds. The summed E-state index contributed by atoms with van der Waals surface area (Å²) < 4.78 is 14.0. The molecule has 4 rings (SSSR count). The van der Waals surface area contributed by atoms with Crippen molar-refractivity contribution in [3.63, 3.8) is 0 Å². The number of rotatable bonds is 2. The van der Waals surface area contributed by atoms with Crippen LogP contribution >= 0.6 is 0 Å². The van der Waals surface area contributed by atoms with Crippen molar-refractivity contribution in [2.45, 2.75) is 32.2 Å². The van der Waals surface area contributed by atoms with Gasteiger partial charge in [-0.05, 0) is 55.0 Å². The first-order chi connectivity index (χ1) is 11.2. The molecule has 0 aromatic heterocycles. The molecule has 0 bridgehead atoms. The van der Waals surface area contributed by atoms with Crippen LogP contribution in [-0.4, -0.2) is 12.5 Å². The van der Waals surface area contributed by atoms with Gasteiger partial charge < -0.3 is 10.2 Å². The van der Waals surface area contributed by atoms with Gasteiger partial charge >= 0.3 is 0 Å². The van der Waals surface area contributed by atoms with E-state index in [-0.39, 0.29) is 24.8 Å². The van der Waals surface area contributed by atoms with Crippen LogP contribution in [0.2, 0.25) is 0 Å². The van der Waals surface area contributed by atoms with E-state index in [2.05, 4.69) is 17.4 Å². The summed E-state index contributed by atoms with van der Waals surface area (Å²) in [6.07, 6.45) is 4.58. The van der Waals surface area contributed by atoms with Crippen molar-refractivity contribution < 1.29 is 9.18 Å². The van der Waals surface area contributed by atoms with Crippen molar-refractivity contribution in [3.8, 4) is 0 Å². The number of carbonyl (C=O) groups excluding carboxylic acids is 1. The van der Waals surface area contributed by atoms with E-state index >= 15 is 0 Å². The molecule has 0 saturated heterocycles. The Hall–Kier alpha value is -2.36. The van der Waals surface area contributed by atoms with Gasteiger partial charge in [-0.2, -0.15) is 0 Å². The van der Waals surface area contributed by atoms with E-state index in [1.54, 1.807) is 23.1 Å². The highest BCUT2D eigenvalue weighted by Crippen LogP contribution is 2.36. The molecule has 2 aromatic rings. The minimum Gasteiger partial charge on any atom is -0.374 e. The zero-order valence-corrected chi connectivity index (χ0v) is 12.9.